The van der Waals surface area contributed by atoms with Crippen LogP contribution < -0.4 is 0 Å². The molecule has 110 valence electrons. The molecule has 0 aliphatic rings. The van der Waals surface area contributed by atoms with Crippen molar-refractivity contribution in [1.29, 1.82) is 0 Å². The van der Waals surface area contributed by atoms with Gasteiger partial charge in [-0.3, -0.25) is 4.79 Å². The SMILES string of the molecule is C=C(C)CC(CF)(CCC)C(=O)OCc1ccccc1. The van der Waals surface area contributed by atoms with E-state index in [0.29, 0.717) is 12.8 Å². The normalized spacial score (nSPS) is 13.6. The van der Waals surface area contributed by atoms with Gasteiger partial charge >= 0.3 is 5.97 Å². The summed E-state index contributed by atoms with van der Waals surface area (Å²) in [5.74, 6) is -0.464. The maximum absolute atomic E-state index is 13.5. The molecule has 0 radical (unpaired) electrons. The summed E-state index contributed by atoms with van der Waals surface area (Å²) < 4.78 is 18.8. The van der Waals surface area contributed by atoms with Crippen LogP contribution in [-0.2, 0) is 16.1 Å². The van der Waals surface area contributed by atoms with Crippen LogP contribution in [0.1, 0.15) is 38.7 Å². The van der Waals surface area contributed by atoms with Gasteiger partial charge < -0.3 is 4.74 Å². The van der Waals surface area contributed by atoms with Crippen LogP contribution in [0, 0.1) is 5.41 Å². The predicted octanol–water partition coefficient (Wildman–Crippen LogP) is 4.45. The molecule has 0 heterocycles. The summed E-state index contributed by atoms with van der Waals surface area (Å²) in [5.41, 5.74) is 0.628. The number of halogens is 1. The third-order valence-electron chi connectivity index (χ3n) is 3.27. The topological polar surface area (TPSA) is 26.3 Å². The van der Waals surface area contributed by atoms with Crippen LogP contribution in [0.4, 0.5) is 4.39 Å². The fraction of sp³-hybridized carbons (Fsp3) is 0.471. The van der Waals surface area contributed by atoms with Crippen LogP contribution in [0.5, 0.6) is 0 Å². The number of alkyl halides is 1. The summed E-state index contributed by atoms with van der Waals surface area (Å²) in [6.07, 6.45) is 1.55. The first-order valence-corrected chi connectivity index (χ1v) is 6.95. The maximum atomic E-state index is 13.5. The third kappa shape index (κ3) is 4.48. The number of hydrogen-bond donors (Lipinski definition) is 0. The average molecular weight is 278 g/mol. The highest BCUT2D eigenvalue weighted by Crippen LogP contribution is 2.33. The number of allylic oxidation sites excluding steroid dienone is 1. The van der Waals surface area contributed by atoms with E-state index in [1.165, 1.54) is 0 Å². The van der Waals surface area contributed by atoms with Gasteiger partial charge in [-0.15, -0.1) is 6.58 Å². The van der Waals surface area contributed by atoms with Crippen LogP contribution in [-0.4, -0.2) is 12.6 Å². The molecule has 0 aliphatic carbocycles. The quantitative estimate of drug-likeness (QED) is 0.518. The van der Waals surface area contributed by atoms with Crippen molar-refractivity contribution in [2.75, 3.05) is 6.67 Å². The van der Waals surface area contributed by atoms with Crippen LogP contribution >= 0.6 is 0 Å². The largest absolute Gasteiger partial charge is 0.460 e. The molecular weight excluding hydrogens is 255 g/mol. The Balaban J connectivity index is 2.74. The van der Waals surface area contributed by atoms with Crippen molar-refractivity contribution in [2.24, 2.45) is 5.41 Å². The molecule has 0 fully saturated rings. The molecular formula is C17H23FO2. The summed E-state index contributed by atoms with van der Waals surface area (Å²) in [7, 11) is 0. The van der Waals surface area contributed by atoms with Crippen LogP contribution in [0.15, 0.2) is 42.5 Å². The molecule has 0 amide bonds. The lowest BCUT2D eigenvalue weighted by molar-refractivity contribution is -0.159. The summed E-state index contributed by atoms with van der Waals surface area (Å²) >= 11 is 0. The summed E-state index contributed by atoms with van der Waals surface area (Å²) in [4.78, 5) is 12.3. The zero-order valence-corrected chi connectivity index (χ0v) is 12.3. The number of ether oxygens (including phenoxy) is 1. The van der Waals surface area contributed by atoms with E-state index in [9.17, 15) is 9.18 Å². The fourth-order valence-electron chi connectivity index (χ4n) is 2.36. The third-order valence-corrected chi connectivity index (χ3v) is 3.27. The summed E-state index contributed by atoms with van der Waals surface area (Å²) in [6, 6.07) is 9.41. The predicted molar refractivity (Wildman–Crippen MR) is 79.0 cm³/mol. The minimum Gasteiger partial charge on any atom is -0.460 e. The molecule has 0 bridgehead atoms. The second-order valence-corrected chi connectivity index (χ2v) is 5.36. The molecule has 3 heteroatoms. The molecule has 1 atom stereocenters. The lowest BCUT2D eigenvalue weighted by atomic mass is 9.79. The van der Waals surface area contributed by atoms with Gasteiger partial charge in [-0.05, 0) is 25.3 Å². The Morgan fingerprint density at radius 2 is 2.00 bits per heavy atom. The van der Waals surface area contributed by atoms with E-state index in [4.69, 9.17) is 4.74 Å². The number of rotatable bonds is 8. The van der Waals surface area contributed by atoms with Crippen LogP contribution in [0.3, 0.4) is 0 Å². The summed E-state index contributed by atoms with van der Waals surface area (Å²) in [6.45, 7) is 7.02. The molecule has 0 spiro atoms. The van der Waals surface area contributed by atoms with Gasteiger partial charge in [0, 0.05) is 0 Å². The van der Waals surface area contributed by atoms with Crippen molar-refractivity contribution in [3.05, 3.63) is 48.0 Å². The molecule has 1 rings (SSSR count). The molecule has 0 N–H and O–H groups in total. The molecule has 1 unspecified atom stereocenters. The standard InChI is InChI=1S/C17H23FO2/c1-4-10-17(13-18,11-14(2)3)16(19)20-12-15-8-6-5-7-9-15/h5-9H,2,4,10-13H2,1,3H3. The van der Waals surface area contributed by atoms with E-state index in [1.807, 2.05) is 44.2 Å². The summed E-state index contributed by atoms with van der Waals surface area (Å²) in [5, 5.41) is 0. The van der Waals surface area contributed by atoms with Gasteiger partial charge in [0.05, 0.1) is 5.41 Å². The van der Waals surface area contributed by atoms with Crippen molar-refractivity contribution in [1.82, 2.24) is 0 Å². The monoisotopic (exact) mass is 278 g/mol. The zero-order valence-electron chi connectivity index (χ0n) is 12.3. The molecule has 2 nitrogen and oxygen atoms in total. The number of benzene rings is 1. The zero-order chi connectivity index (χ0) is 15.0. The minimum absolute atomic E-state index is 0.182. The smallest absolute Gasteiger partial charge is 0.315 e. The van der Waals surface area contributed by atoms with E-state index in [-0.39, 0.29) is 6.61 Å². The van der Waals surface area contributed by atoms with Gasteiger partial charge in [0.15, 0.2) is 0 Å². The molecule has 0 aromatic heterocycles. The number of carbonyl (C=O) groups is 1. The van der Waals surface area contributed by atoms with E-state index >= 15 is 0 Å². The van der Waals surface area contributed by atoms with E-state index in [1.54, 1.807) is 0 Å². The van der Waals surface area contributed by atoms with Crippen LogP contribution in [0.2, 0.25) is 0 Å². The minimum atomic E-state index is -1.07. The fourth-order valence-corrected chi connectivity index (χ4v) is 2.36. The molecule has 20 heavy (non-hydrogen) atoms. The Morgan fingerprint density at radius 1 is 1.35 bits per heavy atom. The molecule has 1 aromatic rings. The lowest BCUT2D eigenvalue weighted by Crippen LogP contribution is -2.35. The van der Waals surface area contributed by atoms with Crippen molar-refractivity contribution in [3.63, 3.8) is 0 Å². The van der Waals surface area contributed by atoms with Crippen molar-refractivity contribution in [2.45, 2.75) is 39.7 Å². The van der Waals surface area contributed by atoms with E-state index in [2.05, 4.69) is 6.58 Å². The first-order chi connectivity index (χ1) is 9.54. The number of carbonyl (C=O) groups excluding carboxylic acids is 1. The van der Waals surface area contributed by atoms with Gasteiger partial charge in [0.25, 0.3) is 0 Å². The molecule has 0 aliphatic heterocycles. The number of esters is 1. The Hall–Kier alpha value is -1.64. The lowest BCUT2D eigenvalue weighted by Gasteiger charge is -2.28. The first kappa shape index (κ1) is 16.4. The van der Waals surface area contributed by atoms with Gasteiger partial charge in [-0.2, -0.15) is 0 Å². The van der Waals surface area contributed by atoms with E-state index < -0.39 is 18.1 Å². The van der Waals surface area contributed by atoms with E-state index in [0.717, 1.165) is 17.6 Å². The van der Waals surface area contributed by atoms with Gasteiger partial charge in [0.1, 0.15) is 13.3 Å². The Bertz CT molecular complexity index is 442. The van der Waals surface area contributed by atoms with Gasteiger partial charge in [0.2, 0.25) is 0 Å². The van der Waals surface area contributed by atoms with Crippen molar-refractivity contribution >= 4 is 5.97 Å². The Labute approximate surface area is 120 Å². The molecule has 1 aromatic carbocycles. The van der Waals surface area contributed by atoms with Gasteiger partial charge in [-0.25, -0.2) is 4.39 Å². The maximum Gasteiger partial charge on any atom is 0.315 e. The highest BCUT2D eigenvalue weighted by atomic mass is 19.1. The molecule has 0 saturated carbocycles. The van der Waals surface area contributed by atoms with Crippen molar-refractivity contribution < 1.29 is 13.9 Å². The average Bonchev–Trinajstić information content (AvgIpc) is 2.44. The second kappa shape index (κ2) is 7.83. The van der Waals surface area contributed by atoms with Gasteiger partial charge in [-0.1, -0.05) is 49.2 Å². The molecule has 0 saturated heterocycles. The second-order valence-electron chi connectivity index (χ2n) is 5.36. The Morgan fingerprint density at radius 3 is 2.50 bits per heavy atom. The number of hydrogen-bond acceptors (Lipinski definition) is 2. The first-order valence-electron chi connectivity index (χ1n) is 6.95. The highest BCUT2D eigenvalue weighted by molar-refractivity contribution is 5.77. The van der Waals surface area contributed by atoms with Crippen molar-refractivity contribution in [3.8, 4) is 0 Å². The van der Waals surface area contributed by atoms with Crippen LogP contribution in [0.25, 0.3) is 0 Å². The highest BCUT2D eigenvalue weighted by Gasteiger charge is 2.39. The Kier molecular flexibility index (Phi) is 6.43.